The van der Waals surface area contributed by atoms with Crippen LogP contribution in [0, 0.1) is 20.8 Å². The average molecular weight is 238 g/mol. The first-order chi connectivity index (χ1) is 8.66. The van der Waals surface area contributed by atoms with Crippen LogP contribution < -0.4 is 0 Å². The number of aromatic nitrogens is 4. The fraction of sp³-hybridized carbons (Fsp3) is 0.214. The monoisotopic (exact) mass is 238 g/mol. The van der Waals surface area contributed by atoms with Gasteiger partial charge < -0.3 is 0 Å². The van der Waals surface area contributed by atoms with Crippen LogP contribution in [-0.2, 0) is 0 Å². The summed E-state index contributed by atoms with van der Waals surface area (Å²) in [6.07, 6.45) is 5.28. The lowest BCUT2D eigenvalue weighted by molar-refractivity contribution is 1.05. The van der Waals surface area contributed by atoms with Gasteiger partial charge in [-0.2, -0.15) is 0 Å². The van der Waals surface area contributed by atoms with Gasteiger partial charge in [0.05, 0.1) is 17.6 Å². The van der Waals surface area contributed by atoms with E-state index >= 15 is 0 Å². The van der Waals surface area contributed by atoms with Crippen LogP contribution in [0.4, 0.5) is 0 Å². The van der Waals surface area contributed by atoms with Crippen molar-refractivity contribution in [3.05, 3.63) is 47.7 Å². The third-order valence-corrected chi connectivity index (χ3v) is 3.06. The number of imidazole rings is 1. The van der Waals surface area contributed by atoms with Gasteiger partial charge in [0.25, 0.3) is 0 Å². The molecule has 4 heteroatoms. The van der Waals surface area contributed by atoms with Crippen molar-refractivity contribution in [3.8, 4) is 11.4 Å². The molecule has 0 radical (unpaired) electrons. The van der Waals surface area contributed by atoms with Crippen molar-refractivity contribution in [1.29, 1.82) is 0 Å². The summed E-state index contributed by atoms with van der Waals surface area (Å²) in [5.74, 6) is 0. The standard InChI is InChI=1S/C14H14N4/c1-9-6-10(2)18-12(8-17-13(18)7-9)14-11(3)15-4-5-16-14/h4-8H,1-3H3. The maximum atomic E-state index is 4.45. The molecule has 0 aromatic carbocycles. The molecule has 0 saturated heterocycles. The van der Waals surface area contributed by atoms with Crippen LogP contribution in [0.25, 0.3) is 17.0 Å². The van der Waals surface area contributed by atoms with Crippen LogP contribution in [0.1, 0.15) is 17.0 Å². The molecule has 3 rings (SSSR count). The zero-order valence-corrected chi connectivity index (χ0v) is 10.7. The minimum Gasteiger partial charge on any atom is -0.295 e. The summed E-state index contributed by atoms with van der Waals surface area (Å²) >= 11 is 0. The first-order valence-electron chi connectivity index (χ1n) is 5.89. The van der Waals surface area contributed by atoms with Crippen LogP contribution in [0.3, 0.4) is 0 Å². The van der Waals surface area contributed by atoms with Gasteiger partial charge in [-0.25, -0.2) is 4.98 Å². The number of pyridine rings is 1. The topological polar surface area (TPSA) is 43.1 Å². The molecule has 0 spiro atoms. The van der Waals surface area contributed by atoms with Gasteiger partial charge in [-0.15, -0.1) is 0 Å². The van der Waals surface area contributed by atoms with Crippen molar-refractivity contribution < 1.29 is 0 Å². The minimum absolute atomic E-state index is 0.886. The quantitative estimate of drug-likeness (QED) is 0.654. The predicted molar refractivity (Wildman–Crippen MR) is 70.4 cm³/mol. The molecule has 18 heavy (non-hydrogen) atoms. The smallest absolute Gasteiger partial charge is 0.137 e. The molecule has 3 heterocycles. The SMILES string of the molecule is Cc1cc(C)n2c(-c3nccnc3C)cnc2c1. The molecule has 0 aliphatic carbocycles. The molecule has 0 saturated carbocycles. The summed E-state index contributed by atoms with van der Waals surface area (Å²) < 4.78 is 2.12. The summed E-state index contributed by atoms with van der Waals surface area (Å²) in [7, 11) is 0. The van der Waals surface area contributed by atoms with Crippen molar-refractivity contribution >= 4 is 5.65 Å². The Balaban J connectivity index is 2.35. The molecule has 4 nitrogen and oxygen atoms in total. The Morgan fingerprint density at radius 2 is 1.72 bits per heavy atom. The van der Waals surface area contributed by atoms with Crippen LogP contribution >= 0.6 is 0 Å². The Morgan fingerprint density at radius 3 is 2.50 bits per heavy atom. The zero-order valence-electron chi connectivity index (χ0n) is 10.7. The van der Waals surface area contributed by atoms with Crippen molar-refractivity contribution in [2.24, 2.45) is 0 Å². The summed E-state index contributed by atoms with van der Waals surface area (Å²) in [6, 6.07) is 4.21. The molecule has 0 bridgehead atoms. The lowest BCUT2D eigenvalue weighted by Crippen LogP contribution is -1.98. The number of rotatable bonds is 1. The highest BCUT2D eigenvalue weighted by molar-refractivity contribution is 5.63. The number of nitrogens with zero attached hydrogens (tertiary/aromatic N) is 4. The highest BCUT2D eigenvalue weighted by atomic mass is 15.0. The zero-order chi connectivity index (χ0) is 12.7. The van der Waals surface area contributed by atoms with E-state index in [1.165, 1.54) is 5.56 Å². The van der Waals surface area contributed by atoms with Crippen molar-refractivity contribution in [2.45, 2.75) is 20.8 Å². The highest BCUT2D eigenvalue weighted by Crippen LogP contribution is 2.22. The van der Waals surface area contributed by atoms with Gasteiger partial charge in [0.2, 0.25) is 0 Å². The van der Waals surface area contributed by atoms with Crippen LogP contribution in [0.2, 0.25) is 0 Å². The molecule has 0 amide bonds. The van der Waals surface area contributed by atoms with E-state index < -0.39 is 0 Å². The first kappa shape index (κ1) is 10.9. The number of aryl methyl sites for hydroxylation is 3. The Hall–Kier alpha value is -2.23. The molecule has 0 aliphatic rings. The Morgan fingerprint density at radius 1 is 0.944 bits per heavy atom. The van der Waals surface area contributed by atoms with Crippen LogP contribution in [0.5, 0.6) is 0 Å². The number of hydrogen-bond donors (Lipinski definition) is 0. The second kappa shape index (κ2) is 3.91. The largest absolute Gasteiger partial charge is 0.295 e. The normalized spacial score (nSPS) is 11.1. The van der Waals surface area contributed by atoms with Gasteiger partial charge in [-0.05, 0) is 38.5 Å². The van der Waals surface area contributed by atoms with Crippen molar-refractivity contribution in [1.82, 2.24) is 19.4 Å². The molecule has 0 N–H and O–H groups in total. The van der Waals surface area contributed by atoms with Crippen molar-refractivity contribution in [2.75, 3.05) is 0 Å². The highest BCUT2D eigenvalue weighted by Gasteiger charge is 2.11. The molecule has 90 valence electrons. The second-order valence-corrected chi connectivity index (χ2v) is 4.50. The molecule has 0 atom stereocenters. The van der Waals surface area contributed by atoms with E-state index in [1.54, 1.807) is 12.4 Å². The van der Waals surface area contributed by atoms with Gasteiger partial charge in [-0.3, -0.25) is 14.4 Å². The molecule has 3 aromatic rings. The Labute approximate surface area is 105 Å². The van der Waals surface area contributed by atoms with E-state index in [2.05, 4.69) is 45.3 Å². The van der Waals surface area contributed by atoms with Crippen LogP contribution in [0.15, 0.2) is 30.7 Å². The molecular weight excluding hydrogens is 224 g/mol. The average Bonchev–Trinajstić information content (AvgIpc) is 2.73. The number of fused-ring (bicyclic) bond motifs is 1. The molecular formula is C14H14N4. The number of hydrogen-bond acceptors (Lipinski definition) is 3. The maximum absolute atomic E-state index is 4.45. The van der Waals surface area contributed by atoms with Gasteiger partial charge in [0.1, 0.15) is 11.3 Å². The van der Waals surface area contributed by atoms with E-state index in [4.69, 9.17) is 0 Å². The molecule has 0 aliphatic heterocycles. The third-order valence-electron chi connectivity index (χ3n) is 3.06. The predicted octanol–water partition coefficient (Wildman–Crippen LogP) is 2.72. The van der Waals surface area contributed by atoms with E-state index in [1.807, 2.05) is 13.1 Å². The lowest BCUT2D eigenvalue weighted by Gasteiger charge is -2.07. The summed E-state index contributed by atoms with van der Waals surface area (Å²) in [5.41, 5.74) is 6.12. The maximum Gasteiger partial charge on any atom is 0.137 e. The first-order valence-corrected chi connectivity index (χ1v) is 5.89. The van der Waals surface area contributed by atoms with Gasteiger partial charge in [0, 0.05) is 18.1 Å². The van der Waals surface area contributed by atoms with E-state index in [9.17, 15) is 0 Å². The molecule has 3 aromatic heterocycles. The summed E-state index contributed by atoms with van der Waals surface area (Å²) in [4.78, 5) is 13.1. The van der Waals surface area contributed by atoms with Gasteiger partial charge in [0.15, 0.2) is 0 Å². The lowest BCUT2D eigenvalue weighted by atomic mass is 10.2. The summed E-state index contributed by atoms with van der Waals surface area (Å²) in [6.45, 7) is 6.12. The van der Waals surface area contributed by atoms with Crippen LogP contribution in [-0.4, -0.2) is 19.4 Å². The van der Waals surface area contributed by atoms with E-state index in [-0.39, 0.29) is 0 Å². The van der Waals surface area contributed by atoms with Gasteiger partial charge in [-0.1, -0.05) is 0 Å². The minimum atomic E-state index is 0.886. The van der Waals surface area contributed by atoms with Gasteiger partial charge >= 0.3 is 0 Å². The summed E-state index contributed by atoms with van der Waals surface area (Å²) in [5, 5.41) is 0. The molecule has 0 unspecified atom stereocenters. The fourth-order valence-corrected chi connectivity index (χ4v) is 2.30. The Kier molecular flexibility index (Phi) is 2.37. The van der Waals surface area contributed by atoms with Crippen molar-refractivity contribution in [3.63, 3.8) is 0 Å². The second-order valence-electron chi connectivity index (χ2n) is 4.50. The third kappa shape index (κ3) is 1.57. The van der Waals surface area contributed by atoms with E-state index in [0.717, 1.165) is 28.4 Å². The van der Waals surface area contributed by atoms with E-state index in [0.29, 0.717) is 0 Å². The molecule has 0 fully saturated rings. The Bertz CT molecular complexity index is 728. The fourth-order valence-electron chi connectivity index (χ4n) is 2.30.